The Hall–Kier alpha value is -2.86. The van der Waals surface area contributed by atoms with Gasteiger partial charge in [-0.1, -0.05) is 39.0 Å². The quantitative estimate of drug-likeness (QED) is 0.599. The summed E-state index contributed by atoms with van der Waals surface area (Å²) in [5.41, 5.74) is 3.58. The molecule has 0 saturated carbocycles. The maximum Gasteiger partial charge on any atom is 0.230 e. The van der Waals surface area contributed by atoms with E-state index in [4.69, 9.17) is 9.47 Å². The molecule has 1 heterocycles. The van der Waals surface area contributed by atoms with E-state index in [1.165, 1.54) is 11.3 Å². The van der Waals surface area contributed by atoms with E-state index in [1.807, 2.05) is 47.8 Å². The highest BCUT2D eigenvalue weighted by atomic mass is 32.1. The lowest BCUT2D eigenvalue weighted by Gasteiger charge is -2.22. The van der Waals surface area contributed by atoms with Gasteiger partial charge in [-0.25, -0.2) is 4.98 Å². The summed E-state index contributed by atoms with van der Waals surface area (Å²) in [5, 5.41) is 5.79. The number of carbonyl (C=O) groups excluding carboxylic acids is 1. The minimum absolute atomic E-state index is 0.0505. The predicted molar refractivity (Wildman–Crippen MR) is 118 cm³/mol. The maximum atomic E-state index is 12.6. The van der Waals surface area contributed by atoms with Gasteiger partial charge < -0.3 is 14.8 Å². The van der Waals surface area contributed by atoms with Crippen LogP contribution in [0.2, 0.25) is 0 Å². The first-order valence-corrected chi connectivity index (χ1v) is 10.3. The van der Waals surface area contributed by atoms with Crippen LogP contribution >= 0.6 is 11.3 Å². The zero-order valence-electron chi connectivity index (χ0n) is 17.4. The average molecular weight is 411 g/mol. The van der Waals surface area contributed by atoms with Gasteiger partial charge in [-0.2, -0.15) is 0 Å². The van der Waals surface area contributed by atoms with Crippen molar-refractivity contribution in [2.24, 2.45) is 0 Å². The minimum atomic E-state index is -0.0779. The van der Waals surface area contributed by atoms with Gasteiger partial charge in [-0.3, -0.25) is 4.79 Å². The number of carbonyl (C=O) groups is 1. The fourth-order valence-corrected chi connectivity index (χ4v) is 3.91. The Morgan fingerprint density at radius 2 is 1.79 bits per heavy atom. The molecule has 152 valence electrons. The van der Waals surface area contributed by atoms with Crippen molar-refractivity contribution in [3.8, 4) is 22.1 Å². The van der Waals surface area contributed by atoms with Crippen LogP contribution in [0.4, 0.5) is 5.69 Å². The van der Waals surface area contributed by atoms with E-state index in [0.29, 0.717) is 11.5 Å². The van der Waals surface area contributed by atoms with Gasteiger partial charge in [-0.05, 0) is 35.2 Å². The molecular formula is C23H26N2O3S. The number of benzene rings is 2. The molecule has 0 aliphatic heterocycles. The first-order chi connectivity index (χ1) is 13.8. The van der Waals surface area contributed by atoms with Gasteiger partial charge in [0.25, 0.3) is 0 Å². The van der Waals surface area contributed by atoms with Crippen LogP contribution in [0.3, 0.4) is 0 Å². The van der Waals surface area contributed by atoms with Crippen LogP contribution in [-0.2, 0) is 16.6 Å². The molecule has 3 rings (SSSR count). The van der Waals surface area contributed by atoms with E-state index in [0.717, 1.165) is 27.5 Å². The summed E-state index contributed by atoms with van der Waals surface area (Å²) in [7, 11) is 3.21. The summed E-state index contributed by atoms with van der Waals surface area (Å²) in [4.78, 5) is 17.2. The fourth-order valence-electron chi connectivity index (χ4n) is 3.10. The van der Waals surface area contributed by atoms with Gasteiger partial charge in [-0.15, -0.1) is 11.3 Å². The van der Waals surface area contributed by atoms with Crippen molar-refractivity contribution in [2.75, 3.05) is 19.5 Å². The lowest BCUT2D eigenvalue weighted by atomic mass is 9.86. The number of aromatic nitrogens is 1. The molecule has 0 unspecified atom stereocenters. The Morgan fingerprint density at radius 3 is 2.48 bits per heavy atom. The second kappa shape index (κ2) is 8.66. The van der Waals surface area contributed by atoms with Gasteiger partial charge >= 0.3 is 0 Å². The van der Waals surface area contributed by atoms with E-state index in [9.17, 15) is 4.79 Å². The summed E-state index contributed by atoms with van der Waals surface area (Å²) in [5.74, 6) is 1.24. The zero-order valence-corrected chi connectivity index (χ0v) is 18.2. The number of para-hydroxylation sites is 1. The number of methoxy groups -OCH3 is 2. The van der Waals surface area contributed by atoms with Crippen LogP contribution in [-0.4, -0.2) is 25.1 Å². The highest BCUT2D eigenvalue weighted by Crippen LogP contribution is 2.34. The van der Waals surface area contributed by atoms with Crippen molar-refractivity contribution in [3.63, 3.8) is 0 Å². The van der Waals surface area contributed by atoms with Gasteiger partial charge in [0.05, 0.1) is 26.3 Å². The molecule has 0 saturated heterocycles. The first-order valence-electron chi connectivity index (χ1n) is 9.38. The Balaban J connectivity index is 1.74. The van der Waals surface area contributed by atoms with Gasteiger partial charge in [0.15, 0.2) is 11.5 Å². The first kappa shape index (κ1) is 20.9. The number of nitrogens with zero attached hydrogens (tertiary/aromatic N) is 1. The highest BCUT2D eigenvalue weighted by Gasteiger charge is 2.19. The highest BCUT2D eigenvalue weighted by molar-refractivity contribution is 7.13. The molecule has 3 aromatic rings. The molecule has 29 heavy (non-hydrogen) atoms. The topological polar surface area (TPSA) is 60.5 Å². The van der Waals surface area contributed by atoms with Gasteiger partial charge in [0, 0.05) is 16.6 Å². The van der Waals surface area contributed by atoms with Crippen molar-refractivity contribution < 1.29 is 14.3 Å². The SMILES string of the molecule is COc1ccc(-c2nc(CC(=O)Nc3ccccc3C(C)(C)C)cs2)cc1OC. The Bertz CT molecular complexity index is 1010. The van der Waals surface area contributed by atoms with Crippen molar-refractivity contribution >= 4 is 22.9 Å². The van der Waals surface area contributed by atoms with Crippen molar-refractivity contribution in [1.82, 2.24) is 4.98 Å². The molecule has 5 nitrogen and oxygen atoms in total. The number of hydrogen-bond acceptors (Lipinski definition) is 5. The standard InChI is InChI=1S/C23H26N2O3S/c1-23(2,3)17-8-6-7-9-18(17)25-21(26)13-16-14-29-22(24-16)15-10-11-19(27-4)20(12-15)28-5/h6-12,14H,13H2,1-5H3,(H,25,26). The number of hydrogen-bond donors (Lipinski definition) is 1. The monoisotopic (exact) mass is 410 g/mol. The number of nitrogens with one attached hydrogen (secondary N) is 1. The van der Waals surface area contributed by atoms with E-state index >= 15 is 0 Å². The number of rotatable bonds is 6. The fraction of sp³-hybridized carbons (Fsp3) is 0.304. The van der Waals surface area contributed by atoms with Crippen LogP contribution in [0, 0.1) is 0 Å². The number of amides is 1. The molecule has 0 spiro atoms. The molecule has 1 aromatic heterocycles. The molecule has 2 aromatic carbocycles. The minimum Gasteiger partial charge on any atom is -0.493 e. The molecular weight excluding hydrogens is 384 g/mol. The molecule has 0 aliphatic carbocycles. The Labute approximate surface area is 175 Å². The van der Waals surface area contributed by atoms with Crippen LogP contribution in [0.1, 0.15) is 32.0 Å². The van der Waals surface area contributed by atoms with E-state index in [1.54, 1.807) is 14.2 Å². The zero-order chi connectivity index (χ0) is 21.0. The third-order valence-electron chi connectivity index (χ3n) is 4.53. The Kier molecular flexibility index (Phi) is 6.23. The third-order valence-corrected chi connectivity index (χ3v) is 5.47. The van der Waals surface area contributed by atoms with E-state index < -0.39 is 0 Å². The van der Waals surface area contributed by atoms with Crippen molar-refractivity contribution in [1.29, 1.82) is 0 Å². The smallest absolute Gasteiger partial charge is 0.230 e. The Morgan fingerprint density at radius 1 is 1.07 bits per heavy atom. The lowest BCUT2D eigenvalue weighted by Crippen LogP contribution is -2.20. The van der Waals surface area contributed by atoms with Crippen molar-refractivity contribution in [3.05, 3.63) is 59.1 Å². The van der Waals surface area contributed by atoms with E-state index in [2.05, 4.69) is 31.1 Å². The summed E-state index contributed by atoms with van der Waals surface area (Å²) in [6, 6.07) is 13.6. The lowest BCUT2D eigenvalue weighted by molar-refractivity contribution is -0.115. The molecule has 0 bridgehead atoms. The summed E-state index contributed by atoms with van der Waals surface area (Å²) >= 11 is 1.50. The molecule has 0 atom stereocenters. The maximum absolute atomic E-state index is 12.6. The second-order valence-corrected chi connectivity index (χ2v) is 8.59. The van der Waals surface area contributed by atoms with E-state index in [-0.39, 0.29) is 17.7 Å². The average Bonchev–Trinajstić information content (AvgIpc) is 3.15. The molecule has 6 heteroatoms. The van der Waals surface area contributed by atoms with Crippen LogP contribution in [0.15, 0.2) is 47.8 Å². The van der Waals surface area contributed by atoms with Crippen molar-refractivity contribution in [2.45, 2.75) is 32.6 Å². The molecule has 1 N–H and O–H groups in total. The number of thiazole rings is 1. The largest absolute Gasteiger partial charge is 0.493 e. The summed E-state index contributed by atoms with van der Waals surface area (Å²) < 4.78 is 10.6. The van der Waals surface area contributed by atoms with Gasteiger partial charge in [0.2, 0.25) is 5.91 Å². The van der Waals surface area contributed by atoms with Crippen LogP contribution < -0.4 is 14.8 Å². The second-order valence-electron chi connectivity index (χ2n) is 7.73. The molecule has 0 radical (unpaired) electrons. The summed E-state index contributed by atoms with van der Waals surface area (Å²) in [6.45, 7) is 6.40. The predicted octanol–water partition coefficient (Wildman–Crippen LogP) is 5.31. The normalized spacial score (nSPS) is 11.2. The van der Waals surface area contributed by atoms with Gasteiger partial charge in [0.1, 0.15) is 5.01 Å². The number of anilines is 1. The molecule has 0 aliphatic rings. The van der Waals surface area contributed by atoms with Crippen LogP contribution in [0.5, 0.6) is 11.5 Å². The molecule has 0 fully saturated rings. The third kappa shape index (κ3) is 4.95. The molecule has 1 amide bonds. The summed E-state index contributed by atoms with van der Waals surface area (Å²) in [6.07, 6.45) is 0.224. The number of ether oxygens (including phenoxy) is 2. The van der Waals surface area contributed by atoms with Crippen LogP contribution in [0.25, 0.3) is 10.6 Å².